The van der Waals surface area contributed by atoms with Gasteiger partial charge in [-0.3, -0.25) is 14.7 Å². The molecule has 7 nitrogen and oxygen atoms in total. The second kappa shape index (κ2) is 9.33. The van der Waals surface area contributed by atoms with Gasteiger partial charge in [0.2, 0.25) is 0 Å². The maximum absolute atomic E-state index is 12.4. The van der Waals surface area contributed by atoms with Crippen LogP contribution in [0, 0.1) is 0 Å². The lowest BCUT2D eigenvalue weighted by Gasteiger charge is -2.10. The van der Waals surface area contributed by atoms with E-state index in [2.05, 4.69) is 20.3 Å². The summed E-state index contributed by atoms with van der Waals surface area (Å²) in [5, 5.41) is 9.34. The molecule has 0 aliphatic heterocycles. The molecule has 3 rings (SSSR count). The Bertz CT molecular complexity index is 1080. The maximum atomic E-state index is 12.4. The van der Waals surface area contributed by atoms with Gasteiger partial charge in [0.1, 0.15) is 17.2 Å². The Morgan fingerprint density at radius 1 is 1.03 bits per heavy atom. The van der Waals surface area contributed by atoms with Crippen LogP contribution in [0.4, 0.5) is 18.9 Å². The molecule has 0 spiro atoms. The van der Waals surface area contributed by atoms with Crippen molar-refractivity contribution in [3.8, 4) is 5.75 Å². The van der Waals surface area contributed by atoms with Crippen LogP contribution in [0.2, 0.25) is 0 Å². The van der Waals surface area contributed by atoms with E-state index in [1.165, 1.54) is 24.4 Å². The summed E-state index contributed by atoms with van der Waals surface area (Å²) in [5.74, 6) is -1.15. The van der Waals surface area contributed by atoms with Gasteiger partial charge in [-0.1, -0.05) is 36.4 Å². The second-order valence-electron chi connectivity index (χ2n) is 6.78. The number of nitrogens with two attached hydrogens (primary N) is 1. The predicted octanol–water partition coefficient (Wildman–Crippen LogP) is 3.37. The highest BCUT2D eigenvalue weighted by Crippen LogP contribution is 2.23. The van der Waals surface area contributed by atoms with E-state index in [0.717, 1.165) is 11.1 Å². The molecule has 3 aromatic rings. The van der Waals surface area contributed by atoms with Crippen LogP contribution in [0.25, 0.3) is 0 Å². The molecule has 1 amide bonds. The van der Waals surface area contributed by atoms with Crippen LogP contribution >= 0.6 is 0 Å². The summed E-state index contributed by atoms with van der Waals surface area (Å²) in [6.45, 7) is 0.374. The van der Waals surface area contributed by atoms with Gasteiger partial charge in [0, 0.05) is 19.4 Å². The van der Waals surface area contributed by atoms with Gasteiger partial charge in [-0.15, -0.1) is 13.2 Å². The average molecular weight is 432 g/mol. The Labute approximate surface area is 175 Å². The number of carbonyl (C=O) groups is 2. The first-order valence-electron chi connectivity index (χ1n) is 9.21. The molecule has 0 radical (unpaired) electrons. The van der Waals surface area contributed by atoms with Crippen molar-refractivity contribution in [2.75, 3.05) is 5.32 Å². The molecule has 0 aliphatic carbocycles. The normalized spacial score (nSPS) is 11.2. The molecule has 1 aromatic heterocycles. The number of carbonyl (C=O) groups excluding carboxylic acids is 2. The standard InChI is InChI=1S/C21H19F3N4O3/c22-21(23,24)31-17-6-2-4-14(10-17)9-16(29)8-13-3-1-5-15(7-13)11-26-18-12-27-28-19(18)20(25)30/h1-7,10,12,26H,8-9,11H2,(H2,25,30)(H,27,28). The minimum atomic E-state index is -4.79. The van der Waals surface area contributed by atoms with E-state index in [1.54, 1.807) is 18.2 Å². The summed E-state index contributed by atoms with van der Waals surface area (Å²) in [6, 6.07) is 12.6. The number of aromatic nitrogens is 2. The number of ether oxygens (including phenoxy) is 1. The number of halogens is 3. The fraction of sp³-hybridized carbons (Fsp3) is 0.190. The number of alkyl halides is 3. The summed E-state index contributed by atoms with van der Waals surface area (Å²) >= 11 is 0. The number of hydrogen-bond acceptors (Lipinski definition) is 5. The first kappa shape index (κ1) is 21.9. The molecule has 1 heterocycles. The average Bonchev–Trinajstić information content (AvgIpc) is 3.14. The zero-order valence-electron chi connectivity index (χ0n) is 16.2. The second-order valence-corrected chi connectivity index (χ2v) is 6.78. The number of primary amides is 1. The van der Waals surface area contributed by atoms with E-state index in [9.17, 15) is 22.8 Å². The number of nitrogens with one attached hydrogen (secondary N) is 2. The Morgan fingerprint density at radius 2 is 1.68 bits per heavy atom. The highest BCUT2D eigenvalue weighted by molar-refractivity contribution is 5.96. The van der Waals surface area contributed by atoms with Crippen LogP contribution in [0.1, 0.15) is 27.2 Å². The van der Waals surface area contributed by atoms with E-state index < -0.39 is 12.3 Å². The van der Waals surface area contributed by atoms with Crippen LogP contribution in [-0.2, 0) is 24.2 Å². The molecule has 10 heteroatoms. The first-order chi connectivity index (χ1) is 14.7. The van der Waals surface area contributed by atoms with Crippen LogP contribution < -0.4 is 15.8 Å². The number of amides is 1. The molecule has 0 atom stereocenters. The van der Waals surface area contributed by atoms with Crippen LogP contribution in [0.5, 0.6) is 5.75 Å². The van der Waals surface area contributed by atoms with Gasteiger partial charge in [-0.25, -0.2) is 0 Å². The van der Waals surface area contributed by atoms with Crippen LogP contribution in [0.3, 0.4) is 0 Å². The Morgan fingerprint density at radius 3 is 2.35 bits per heavy atom. The van der Waals surface area contributed by atoms with Crippen molar-refractivity contribution < 1.29 is 27.5 Å². The lowest BCUT2D eigenvalue weighted by Crippen LogP contribution is -2.17. The third-order valence-electron chi connectivity index (χ3n) is 4.29. The monoisotopic (exact) mass is 432 g/mol. The minimum Gasteiger partial charge on any atom is -0.406 e. The van der Waals surface area contributed by atoms with Gasteiger partial charge < -0.3 is 15.8 Å². The molecule has 162 valence electrons. The third-order valence-corrected chi connectivity index (χ3v) is 4.29. The van der Waals surface area contributed by atoms with E-state index in [4.69, 9.17) is 5.73 Å². The lowest BCUT2D eigenvalue weighted by molar-refractivity contribution is -0.274. The number of aromatic amines is 1. The van der Waals surface area contributed by atoms with E-state index in [-0.39, 0.29) is 30.1 Å². The molecule has 0 saturated carbocycles. The van der Waals surface area contributed by atoms with Gasteiger partial charge in [0.25, 0.3) is 5.91 Å². The van der Waals surface area contributed by atoms with Gasteiger partial charge in [-0.05, 0) is 28.8 Å². The van der Waals surface area contributed by atoms with Gasteiger partial charge in [0.15, 0.2) is 0 Å². The number of anilines is 1. The summed E-state index contributed by atoms with van der Waals surface area (Å²) in [5.41, 5.74) is 7.95. The predicted molar refractivity (Wildman–Crippen MR) is 106 cm³/mol. The molecule has 0 unspecified atom stereocenters. The Kier molecular flexibility index (Phi) is 6.58. The molecular formula is C21H19F3N4O3. The molecule has 0 saturated heterocycles. The molecule has 31 heavy (non-hydrogen) atoms. The van der Waals surface area contributed by atoms with E-state index >= 15 is 0 Å². The highest BCUT2D eigenvalue weighted by Gasteiger charge is 2.31. The SMILES string of the molecule is NC(=O)c1[nH]ncc1NCc1cccc(CC(=O)Cc2cccc(OC(F)(F)F)c2)c1. The smallest absolute Gasteiger partial charge is 0.406 e. The van der Waals surface area contributed by atoms with Crippen molar-refractivity contribution in [2.45, 2.75) is 25.7 Å². The molecule has 0 bridgehead atoms. The van der Waals surface area contributed by atoms with Gasteiger partial charge >= 0.3 is 6.36 Å². The minimum absolute atomic E-state index is 0.0193. The molecule has 4 N–H and O–H groups in total. The lowest BCUT2D eigenvalue weighted by atomic mass is 10.0. The van der Waals surface area contributed by atoms with Crippen molar-refractivity contribution in [3.63, 3.8) is 0 Å². The van der Waals surface area contributed by atoms with Crippen molar-refractivity contribution in [2.24, 2.45) is 5.73 Å². The van der Waals surface area contributed by atoms with Crippen molar-refractivity contribution >= 4 is 17.4 Å². The highest BCUT2D eigenvalue weighted by atomic mass is 19.4. The molecular weight excluding hydrogens is 413 g/mol. The van der Waals surface area contributed by atoms with E-state index in [0.29, 0.717) is 17.8 Å². The largest absolute Gasteiger partial charge is 0.573 e. The third kappa shape index (κ3) is 6.59. The number of benzene rings is 2. The number of nitrogens with zero attached hydrogens (tertiary/aromatic N) is 1. The zero-order chi connectivity index (χ0) is 22.4. The summed E-state index contributed by atoms with van der Waals surface area (Å²) in [6.07, 6.45) is -3.24. The summed E-state index contributed by atoms with van der Waals surface area (Å²) in [4.78, 5) is 23.7. The number of rotatable bonds is 9. The van der Waals surface area contributed by atoms with Gasteiger partial charge in [-0.2, -0.15) is 5.10 Å². The summed E-state index contributed by atoms with van der Waals surface area (Å²) < 4.78 is 40.9. The molecule has 0 aliphatic rings. The topological polar surface area (TPSA) is 110 Å². The zero-order valence-corrected chi connectivity index (χ0v) is 16.2. The molecule has 0 fully saturated rings. The quantitative estimate of drug-likeness (QED) is 0.480. The fourth-order valence-electron chi connectivity index (χ4n) is 3.03. The maximum Gasteiger partial charge on any atom is 0.573 e. The fourth-order valence-corrected chi connectivity index (χ4v) is 3.03. The number of H-pyrrole nitrogens is 1. The summed E-state index contributed by atoms with van der Waals surface area (Å²) in [7, 11) is 0. The number of hydrogen-bond donors (Lipinski definition) is 3. The molecule has 2 aromatic carbocycles. The van der Waals surface area contributed by atoms with Gasteiger partial charge in [0.05, 0.1) is 11.9 Å². The van der Waals surface area contributed by atoms with Crippen molar-refractivity contribution in [1.29, 1.82) is 0 Å². The first-order valence-corrected chi connectivity index (χ1v) is 9.21. The Balaban J connectivity index is 1.59. The number of Topliss-reactive ketones (excluding diaryl/α,β-unsaturated/α-hetero) is 1. The number of ketones is 1. The van der Waals surface area contributed by atoms with Crippen molar-refractivity contribution in [1.82, 2.24) is 10.2 Å². The van der Waals surface area contributed by atoms with Crippen LogP contribution in [-0.4, -0.2) is 28.3 Å². The van der Waals surface area contributed by atoms with E-state index in [1.807, 2.05) is 12.1 Å². The van der Waals surface area contributed by atoms with Crippen LogP contribution in [0.15, 0.2) is 54.7 Å². The van der Waals surface area contributed by atoms with Crippen molar-refractivity contribution in [3.05, 3.63) is 77.1 Å². The Hall–Kier alpha value is -3.82.